The van der Waals surface area contributed by atoms with E-state index in [9.17, 15) is 14.4 Å². The molecule has 6 heteroatoms. The van der Waals surface area contributed by atoms with E-state index in [0.717, 1.165) is 89.9 Å². The van der Waals surface area contributed by atoms with Gasteiger partial charge in [-0.1, -0.05) is 352 Å². The lowest BCUT2D eigenvalue weighted by Crippen LogP contribution is -2.30. The number of carbonyl (C=O) groups excluding carboxylic acids is 3. The SMILES string of the molecule is CC/C=C\C/C=C\C/C=C\C/C=C\CCCCCCCCCCC(=O)OC(COC(=O)CCCCCCCC)COC(=O)CCCCCCCCCCCCCCCCCCCCCCCCCCCCCCCCCCCC. The van der Waals surface area contributed by atoms with Gasteiger partial charge in [0.2, 0.25) is 0 Å². The number of hydrogen-bond acceptors (Lipinski definition) is 6. The van der Waals surface area contributed by atoms with Gasteiger partial charge >= 0.3 is 17.9 Å². The second-order valence-corrected chi connectivity index (χ2v) is 23.8. The van der Waals surface area contributed by atoms with Gasteiger partial charge in [-0.3, -0.25) is 14.4 Å². The maximum Gasteiger partial charge on any atom is 0.306 e. The van der Waals surface area contributed by atoms with Crippen LogP contribution in [0.25, 0.3) is 0 Å². The van der Waals surface area contributed by atoms with Gasteiger partial charge in [-0.25, -0.2) is 0 Å². The number of ether oxygens (including phenoxy) is 3. The van der Waals surface area contributed by atoms with Crippen LogP contribution >= 0.6 is 0 Å². The Balaban J connectivity index is 3.93. The number of rotatable bonds is 65. The summed E-state index contributed by atoms with van der Waals surface area (Å²) in [6, 6.07) is 0. The average Bonchev–Trinajstić information content (AvgIpc) is 3.45. The molecule has 0 fully saturated rings. The number of unbranched alkanes of at least 4 members (excludes halogenated alkanes) is 46. The van der Waals surface area contributed by atoms with Crippen LogP contribution in [0.15, 0.2) is 48.6 Å². The summed E-state index contributed by atoms with van der Waals surface area (Å²) in [6.45, 7) is 6.52. The zero-order chi connectivity index (χ0) is 57.1. The average molecular weight is 1110 g/mol. The van der Waals surface area contributed by atoms with Crippen LogP contribution < -0.4 is 0 Å². The zero-order valence-corrected chi connectivity index (χ0v) is 53.2. The fraction of sp³-hybridized carbons (Fsp3) is 0.849. The Labute approximate surface area is 492 Å². The van der Waals surface area contributed by atoms with E-state index in [1.807, 2.05) is 0 Å². The van der Waals surface area contributed by atoms with Crippen molar-refractivity contribution in [2.24, 2.45) is 0 Å². The van der Waals surface area contributed by atoms with Crippen LogP contribution in [0, 0.1) is 0 Å². The van der Waals surface area contributed by atoms with Crippen molar-refractivity contribution in [3.8, 4) is 0 Å². The summed E-state index contributed by atoms with van der Waals surface area (Å²) in [7, 11) is 0. The minimum absolute atomic E-state index is 0.0726. The van der Waals surface area contributed by atoms with E-state index in [0.29, 0.717) is 19.3 Å². The third-order valence-electron chi connectivity index (χ3n) is 15.8. The molecule has 0 N–H and O–H groups in total. The molecule has 0 saturated carbocycles. The van der Waals surface area contributed by atoms with Crippen LogP contribution in [0.3, 0.4) is 0 Å². The Morgan fingerprint density at radius 2 is 0.494 bits per heavy atom. The Kier molecular flexibility index (Phi) is 65.6. The first kappa shape index (κ1) is 76.4. The lowest BCUT2D eigenvalue weighted by atomic mass is 10.0. The van der Waals surface area contributed by atoms with Gasteiger partial charge in [0.15, 0.2) is 6.10 Å². The molecule has 79 heavy (non-hydrogen) atoms. The van der Waals surface area contributed by atoms with Crippen LogP contribution in [-0.2, 0) is 28.6 Å². The van der Waals surface area contributed by atoms with Gasteiger partial charge in [-0.2, -0.15) is 0 Å². The molecule has 0 bridgehead atoms. The summed E-state index contributed by atoms with van der Waals surface area (Å²) in [5.41, 5.74) is 0. The molecule has 1 atom stereocenters. The molecule has 0 aliphatic heterocycles. The Morgan fingerprint density at radius 3 is 0.772 bits per heavy atom. The van der Waals surface area contributed by atoms with Gasteiger partial charge in [0, 0.05) is 19.3 Å². The maximum absolute atomic E-state index is 12.9. The van der Waals surface area contributed by atoms with E-state index in [1.165, 1.54) is 250 Å². The standard InChI is InChI=1S/C73H134O6/c1-4-7-10-13-16-18-20-22-24-26-28-30-31-32-33-34-35-36-37-38-39-40-41-42-44-45-47-49-51-53-55-57-60-63-66-72(75)78-69-70(68-77-71(74)65-62-59-15-12-9-6-3)79-73(76)67-64-61-58-56-54-52-50-48-46-43-29-27-25-23-21-19-17-14-11-8-5-2/h8,11,17,19,23,25,29,43,70H,4-7,9-10,12-16,18,20-22,24,26-28,30-42,44-69H2,1-3H3/b11-8-,19-17-,25-23-,43-29-. The molecule has 1 unspecified atom stereocenters. The number of esters is 3. The number of hydrogen-bond donors (Lipinski definition) is 0. The smallest absolute Gasteiger partial charge is 0.306 e. The van der Waals surface area contributed by atoms with E-state index in [1.54, 1.807) is 0 Å². The molecule has 6 nitrogen and oxygen atoms in total. The lowest BCUT2D eigenvalue weighted by Gasteiger charge is -2.18. The Morgan fingerprint density at radius 1 is 0.266 bits per heavy atom. The van der Waals surface area contributed by atoms with Gasteiger partial charge < -0.3 is 14.2 Å². The van der Waals surface area contributed by atoms with Crippen molar-refractivity contribution < 1.29 is 28.6 Å². The van der Waals surface area contributed by atoms with Crippen molar-refractivity contribution in [2.45, 2.75) is 386 Å². The molecule has 0 heterocycles. The summed E-state index contributed by atoms with van der Waals surface area (Å²) in [4.78, 5) is 38.1. The highest BCUT2D eigenvalue weighted by molar-refractivity contribution is 5.71. The molecule has 0 rings (SSSR count). The van der Waals surface area contributed by atoms with Crippen molar-refractivity contribution in [3.05, 3.63) is 48.6 Å². The minimum atomic E-state index is -0.773. The highest BCUT2D eigenvalue weighted by Gasteiger charge is 2.19. The fourth-order valence-corrected chi connectivity index (χ4v) is 10.6. The molecular weight excluding hydrogens is 973 g/mol. The fourth-order valence-electron chi connectivity index (χ4n) is 10.6. The Hall–Kier alpha value is -2.63. The topological polar surface area (TPSA) is 78.9 Å². The van der Waals surface area contributed by atoms with Gasteiger partial charge in [-0.15, -0.1) is 0 Å². The van der Waals surface area contributed by atoms with E-state index >= 15 is 0 Å². The predicted octanol–water partition coefficient (Wildman–Crippen LogP) is 24.1. The molecule has 0 radical (unpaired) electrons. The van der Waals surface area contributed by atoms with Crippen molar-refractivity contribution in [2.75, 3.05) is 13.2 Å². The molecule has 0 saturated heterocycles. The van der Waals surface area contributed by atoms with E-state index in [-0.39, 0.29) is 31.1 Å². The quantitative estimate of drug-likeness (QED) is 0.0261. The van der Waals surface area contributed by atoms with Crippen LogP contribution in [0.2, 0.25) is 0 Å². The molecule has 0 amide bonds. The normalized spacial score (nSPS) is 12.3. The van der Waals surface area contributed by atoms with Gasteiger partial charge in [0.25, 0.3) is 0 Å². The summed E-state index contributed by atoms with van der Waals surface area (Å²) in [5, 5.41) is 0. The maximum atomic E-state index is 12.9. The Bertz CT molecular complexity index is 1360. The monoisotopic (exact) mass is 1110 g/mol. The van der Waals surface area contributed by atoms with E-state index < -0.39 is 6.10 Å². The van der Waals surface area contributed by atoms with Crippen molar-refractivity contribution in [3.63, 3.8) is 0 Å². The zero-order valence-electron chi connectivity index (χ0n) is 53.2. The summed E-state index contributed by atoms with van der Waals surface area (Å²) >= 11 is 0. The van der Waals surface area contributed by atoms with Gasteiger partial charge in [0.05, 0.1) is 0 Å². The highest BCUT2D eigenvalue weighted by atomic mass is 16.6. The van der Waals surface area contributed by atoms with Gasteiger partial charge in [0.1, 0.15) is 13.2 Å². The lowest BCUT2D eigenvalue weighted by molar-refractivity contribution is -0.167. The van der Waals surface area contributed by atoms with E-state index in [4.69, 9.17) is 14.2 Å². The van der Waals surface area contributed by atoms with Crippen molar-refractivity contribution in [1.82, 2.24) is 0 Å². The van der Waals surface area contributed by atoms with Crippen LogP contribution in [0.1, 0.15) is 380 Å². The van der Waals surface area contributed by atoms with Crippen molar-refractivity contribution >= 4 is 17.9 Å². The molecule has 0 aromatic rings. The van der Waals surface area contributed by atoms with Crippen molar-refractivity contribution in [1.29, 1.82) is 0 Å². The summed E-state index contributed by atoms with van der Waals surface area (Å²) in [5.74, 6) is -0.871. The number of allylic oxidation sites excluding steroid dienone is 8. The third-order valence-corrected chi connectivity index (χ3v) is 15.8. The molecule has 0 aromatic heterocycles. The van der Waals surface area contributed by atoms with E-state index in [2.05, 4.69) is 69.4 Å². The molecule has 462 valence electrons. The molecule has 0 aliphatic carbocycles. The second-order valence-electron chi connectivity index (χ2n) is 23.8. The van der Waals surface area contributed by atoms with Crippen LogP contribution in [0.5, 0.6) is 0 Å². The molecular formula is C73H134O6. The van der Waals surface area contributed by atoms with Crippen LogP contribution in [-0.4, -0.2) is 37.2 Å². The summed E-state index contributed by atoms with van der Waals surface area (Å²) in [6.07, 6.45) is 86.3. The minimum Gasteiger partial charge on any atom is -0.462 e. The molecule has 0 aliphatic rings. The first-order valence-corrected chi connectivity index (χ1v) is 35.1. The summed E-state index contributed by atoms with van der Waals surface area (Å²) < 4.78 is 16.8. The first-order chi connectivity index (χ1) is 39.0. The van der Waals surface area contributed by atoms with Crippen LogP contribution in [0.4, 0.5) is 0 Å². The molecule has 0 aromatic carbocycles. The number of carbonyl (C=O) groups is 3. The largest absolute Gasteiger partial charge is 0.462 e. The first-order valence-electron chi connectivity index (χ1n) is 35.1. The van der Waals surface area contributed by atoms with Gasteiger partial charge in [-0.05, 0) is 57.8 Å². The predicted molar refractivity (Wildman–Crippen MR) is 344 cm³/mol. The highest BCUT2D eigenvalue weighted by Crippen LogP contribution is 2.19. The third kappa shape index (κ3) is 66.1. The molecule has 0 spiro atoms. The second kappa shape index (κ2) is 67.9.